The first-order chi connectivity index (χ1) is 17.6. The van der Waals surface area contributed by atoms with E-state index in [2.05, 4.69) is 10.3 Å². The molecule has 4 aromatic rings. The third kappa shape index (κ3) is 7.09. The van der Waals surface area contributed by atoms with Gasteiger partial charge in [0, 0.05) is 31.9 Å². The Morgan fingerprint density at radius 3 is 2.00 bits per heavy atom. The van der Waals surface area contributed by atoms with Crippen LogP contribution in [0.2, 0.25) is 0 Å². The quantitative estimate of drug-likeness (QED) is 0.357. The normalized spacial score (nSPS) is 11.5. The number of rotatable bonds is 10. The van der Waals surface area contributed by atoms with Crippen molar-refractivity contribution in [1.29, 1.82) is 0 Å². The fourth-order valence-electron chi connectivity index (χ4n) is 4.02. The highest BCUT2D eigenvalue weighted by Crippen LogP contribution is 2.17. The van der Waals surface area contributed by atoms with Gasteiger partial charge in [0.1, 0.15) is 11.9 Å². The number of halogens is 1. The Labute approximate surface area is 210 Å². The van der Waals surface area contributed by atoms with E-state index in [1.165, 1.54) is 12.1 Å². The Bertz CT molecular complexity index is 1250. The zero-order valence-corrected chi connectivity index (χ0v) is 19.9. The van der Waals surface area contributed by atoms with Crippen LogP contribution in [0.4, 0.5) is 4.39 Å². The summed E-state index contributed by atoms with van der Waals surface area (Å²) in [6, 6.07) is 28.0. The van der Waals surface area contributed by atoms with Crippen molar-refractivity contribution in [2.75, 3.05) is 0 Å². The van der Waals surface area contributed by atoms with E-state index < -0.39 is 6.04 Å². The van der Waals surface area contributed by atoms with Crippen LogP contribution in [0.15, 0.2) is 109 Å². The Balaban J connectivity index is 1.63. The number of carbonyl (C=O) groups is 2. The van der Waals surface area contributed by atoms with Gasteiger partial charge in [0.2, 0.25) is 11.8 Å². The maximum Gasteiger partial charge on any atom is 0.243 e. The third-order valence-electron chi connectivity index (χ3n) is 5.95. The van der Waals surface area contributed by atoms with E-state index in [-0.39, 0.29) is 30.6 Å². The molecule has 2 amide bonds. The van der Waals surface area contributed by atoms with Gasteiger partial charge in [0.15, 0.2) is 0 Å². The van der Waals surface area contributed by atoms with Crippen molar-refractivity contribution in [2.24, 2.45) is 0 Å². The summed E-state index contributed by atoms with van der Waals surface area (Å²) in [6.07, 6.45) is 3.86. The van der Waals surface area contributed by atoms with Gasteiger partial charge in [-0.2, -0.15) is 0 Å². The molecule has 0 aliphatic heterocycles. The summed E-state index contributed by atoms with van der Waals surface area (Å²) in [4.78, 5) is 32.9. The molecule has 0 saturated heterocycles. The van der Waals surface area contributed by atoms with Gasteiger partial charge in [-0.1, -0.05) is 72.8 Å². The summed E-state index contributed by atoms with van der Waals surface area (Å²) in [5.74, 6) is -0.776. The highest BCUT2D eigenvalue weighted by atomic mass is 19.1. The molecule has 0 radical (unpaired) electrons. The Morgan fingerprint density at radius 1 is 0.750 bits per heavy atom. The molecule has 6 heteroatoms. The third-order valence-corrected chi connectivity index (χ3v) is 5.95. The number of nitrogens with zero attached hydrogens (tertiary/aromatic N) is 2. The van der Waals surface area contributed by atoms with Crippen LogP contribution in [-0.2, 0) is 35.5 Å². The Kier molecular flexibility index (Phi) is 8.54. The van der Waals surface area contributed by atoms with Crippen molar-refractivity contribution in [3.05, 3.63) is 138 Å². The van der Waals surface area contributed by atoms with Crippen molar-refractivity contribution < 1.29 is 14.0 Å². The van der Waals surface area contributed by atoms with Gasteiger partial charge >= 0.3 is 0 Å². The monoisotopic (exact) mass is 481 g/mol. The first-order valence-electron chi connectivity index (χ1n) is 11.9. The first-order valence-corrected chi connectivity index (χ1v) is 11.9. The number of benzene rings is 3. The van der Waals surface area contributed by atoms with Gasteiger partial charge in [-0.15, -0.1) is 0 Å². The first kappa shape index (κ1) is 24.8. The number of nitrogens with one attached hydrogen (secondary N) is 1. The lowest BCUT2D eigenvalue weighted by Gasteiger charge is -2.31. The molecular formula is C30H28FN3O2. The van der Waals surface area contributed by atoms with E-state index in [0.29, 0.717) is 13.0 Å². The van der Waals surface area contributed by atoms with Crippen molar-refractivity contribution in [2.45, 2.75) is 32.0 Å². The average molecular weight is 482 g/mol. The molecule has 5 nitrogen and oxygen atoms in total. The van der Waals surface area contributed by atoms with E-state index in [1.54, 1.807) is 29.4 Å². The van der Waals surface area contributed by atoms with Gasteiger partial charge in [-0.3, -0.25) is 14.6 Å². The summed E-state index contributed by atoms with van der Waals surface area (Å²) >= 11 is 0. The fourth-order valence-corrected chi connectivity index (χ4v) is 4.02. The smallest absolute Gasteiger partial charge is 0.243 e. The summed E-state index contributed by atoms with van der Waals surface area (Å²) in [7, 11) is 0. The second-order valence-electron chi connectivity index (χ2n) is 8.59. The molecule has 1 heterocycles. The molecule has 0 aliphatic rings. The minimum absolute atomic E-state index is 0.158. The van der Waals surface area contributed by atoms with Gasteiger partial charge < -0.3 is 10.2 Å². The molecule has 1 aromatic heterocycles. The molecule has 0 saturated carbocycles. The zero-order chi connectivity index (χ0) is 25.2. The summed E-state index contributed by atoms with van der Waals surface area (Å²) in [6.45, 7) is 0.510. The number of amides is 2. The summed E-state index contributed by atoms with van der Waals surface area (Å²) < 4.78 is 13.6. The van der Waals surface area contributed by atoms with Crippen molar-refractivity contribution in [3.63, 3.8) is 0 Å². The molecule has 1 N–H and O–H groups in total. The maximum absolute atomic E-state index is 13.7. The maximum atomic E-state index is 13.7. The van der Waals surface area contributed by atoms with Gasteiger partial charge in [0.25, 0.3) is 0 Å². The molecule has 4 rings (SSSR count). The Hall–Kier alpha value is -4.32. The van der Waals surface area contributed by atoms with Crippen LogP contribution in [0.3, 0.4) is 0 Å². The topological polar surface area (TPSA) is 62.3 Å². The van der Waals surface area contributed by atoms with Crippen molar-refractivity contribution >= 4 is 11.8 Å². The molecule has 0 spiro atoms. The SMILES string of the molecule is O=C(NCc1ccncc1)[C@@H](Cc1ccccc1)N(Cc1ccc(F)cc1)C(=O)Cc1ccccc1. The largest absolute Gasteiger partial charge is 0.350 e. The van der Waals surface area contributed by atoms with Gasteiger partial charge in [0.05, 0.1) is 6.42 Å². The molecule has 36 heavy (non-hydrogen) atoms. The number of hydrogen-bond donors (Lipinski definition) is 1. The standard InChI is InChI=1S/C30H28FN3O2/c31-27-13-11-26(12-14-27)22-34(29(35)20-24-9-5-2-6-10-24)28(19-23-7-3-1-4-8-23)30(36)33-21-25-15-17-32-18-16-25/h1-18,28H,19-22H2,(H,33,36)/t28-/m1/s1. The lowest BCUT2D eigenvalue weighted by Crippen LogP contribution is -2.50. The lowest BCUT2D eigenvalue weighted by molar-refractivity contribution is -0.140. The second-order valence-corrected chi connectivity index (χ2v) is 8.59. The molecule has 0 bridgehead atoms. The molecular weight excluding hydrogens is 453 g/mol. The van der Waals surface area contributed by atoms with Crippen LogP contribution in [0.5, 0.6) is 0 Å². The van der Waals surface area contributed by atoms with E-state index in [1.807, 2.05) is 72.8 Å². The molecule has 182 valence electrons. The Morgan fingerprint density at radius 2 is 1.36 bits per heavy atom. The molecule has 0 unspecified atom stereocenters. The summed E-state index contributed by atoms with van der Waals surface area (Å²) in [5.41, 5.74) is 3.47. The van der Waals surface area contributed by atoms with E-state index in [9.17, 15) is 14.0 Å². The molecule has 3 aromatic carbocycles. The van der Waals surface area contributed by atoms with Crippen LogP contribution < -0.4 is 5.32 Å². The van der Waals surface area contributed by atoms with Gasteiger partial charge in [-0.05, 0) is 46.5 Å². The van der Waals surface area contributed by atoms with Crippen LogP contribution in [0, 0.1) is 5.82 Å². The highest BCUT2D eigenvalue weighted by Gasteiger charge is 2.30. The second kappa shape index (κ2) is 12.4. The van der Waals surface area contributed by atoms with Gasteiger partial charge in [-0.25, -0.2) is 4.39 Å². The van der Waals surface area contributed by atoms with Crippen LogP contribution in [-0.4, -0.2) is 27.7 Å². The van der Waals surface area contributed by atoms with Crippen LogP contribution >= 0.6 is 0 Å². The zero-order valence-electron chi connectivity index (χ0n) is 19.9. The van der Waals surface area contributed by atoms with Crippen molar-refractivity contribution in [3.8, 4) is 0 Å². The van der Waals surface area contributed by atoms with Crippen molar-refractivity contribution in [1.82, 2.24) is 15.2 Å². The summed E-state index contributed by atoms with van der Waals surface area (Å²) in [5, 5.41) is 2.99. The number of pyridine rings is 1. The predicted octanol–water partition coefficient (Wildman–Crippen LogP) is 4.72. The van der Waals surface area contributed by atoms with E-state index in [0.717, 1.165) is 22.3 Å². The molecule has 1 atom stereocenters. The molecule has 0 fully saturated rings. The number of hydrogen-bond acceptors (Lipinski definition) is 3. The predicted molar refractivity (Wildman–Crippen MR) is 137 cm³/mol. The minimum atomic E-state index is -0.754. The highest BCUT2D eigenvalue weighted by molar-refractivity contribution is 5.88. The van der Waals surface area contributed by atoms with Crippen LogP contribution in [0.1, 0.15) is 22.3 Å². The molecule has 0 aliphatic carbocycles. The fraction of sp³-hybridized carbons (Fsp3) is 0.167. The van der Waals surface area contributed by atoms with E-state index in [4.69, 9.17) is 0 Å². The van der Waals surface area contributed by atoms with Crippen LogP contribution in [0.25, 0.3) is 0 Å². The minimum Gasteiger partial charge on any atom is -0.350 e. The van der Waals surface area contributed by atoms with E-state index >= 15 is 0 Å². The number of carbonyl (C=O) groups excluding carboxylic acids is 2. The lowest BCUT2D eigenvalue weighted by atomic mass is 10.0. The average Bonchev–Trinajstić information content (AvgIpc) is 2.92. The number of aromatic nitrogens is 1.